The summed E-state index contributed by atoms with van der Waals surface area (Å²) in [5, 5.41) is 0. The van der Waals surface area contributed by atoms with Gasteiger partial charge in [0.1, 0.15) is 0 Å². The van der Waals surface area contributed by atoms with Crippen LogP contribution in [0.25, 0.3) is 0 Å². The largest absolute Gasteiger partial charge is 0.466 e. The highest BCUT2D eigenvalue weighted by atomic mass is 16.5. The molecule has 2 heteroatoms. The Hall–Kier alpha value is -1.83. The SMILES string of the molecule is C=C(C)C1(C)CC2=CC=CC=CC2=C1C(=O)OC. The van der Waals surface area contributed by atoms with Gasteiger partial charge < -0.3 is 4.74 Å². The number of carbonyl (C=O) groups excluding carboxylic acids is 1. The third kappa shape index (κ3) is 1.78. The molecule has 2 rings (SSSR count). The molecule has 18 heavy (non-hydrogen) atoms. The van der Waals surface area contributed by atoms with Gasteiger partial charge in [0.2, 0.25) is 0 Å². The number of allylic oxidation sites excluding steroid dienone is 8. The predicted molar refractivity (Wildman–Crippen MR) is 72.9 cm³/mol. The van der Waals surface area contributed by atoms with Crippen LogP contribution in [0.15, 0.2) is 59.3 Å². The molecule has 1 unspecified atom stereocenters. The molecule has 0 aromatic heterocycles. The van der Waals surface area contributed by atoms with Gasteiger partial charge in [0.05, 0.1) is 12.7 Å². The van der Waals surface area contributed by atoms with Crippen LogP contribution in [-0.4, -0.2) is 13.1 Å². The van der Waals surface area contributed by atoms with Gasteiger partial charge in [-0.3, -0.25) is 0 Å². The first-order chi connectivity index (χ1) is 8.50. The standard InChI is InChI=1S/C16H18O2/c1-11(2)16(3)10-12-8-6-5-7-9-13(12)14(16)15(17)18-4/h5-9H,1,10H2,2-4H3. The average molecular weight is 242 g/mol. The van der Waals surface area contributed by atoms with E-state index in [0.717, 1.165) is 23.1 Å². The van der Waals surface area contributed by atoms with E-state index in [1.165, 1.54) is 12.7 Å². The van der Waals surface area contributed by atoms with Crippen LogP contribution in [0.5, 0.6) is 0 Å². The molecule has 0 N–H and O–H groups in total. The molecule has 0 radical (unpaired) electrons. The summed E-state index contributed by atoms with van der Waals surface area (Å²) in [4.78, 5) is 12.1. The molecule has 0 amide bonds. The number of fused-ring (bicyclic) bond motifs is 1. The van der Waals surface area contributed by atoms with Gasteiger partial charge in [-0.15, -0.1) is 0 Å². The van der Waals surface area contributed by atoms with Gasteiger partial charge in [0.15, 0.2) is 0 Å². The van der Waals surface area contributed by atoms with Crippen molar-refractivity contribution in [3.05, 3.63) is 59.3 Å². The normalized spacial score (nSPS) is 25.6. The summed E-state index contributed by atoms with van der Waals surface area (Å²) in [5.74, 6) is -0.259. The molecule has 0 heterocycles. The van der Waals surface area contributed by atoms with Crippen molar-refractivity contribution in [2.24, 2.45) is 5.41 Å². The van der Waals surface area contributed by atoms with Crippen LogP contribution in [-0.2, 0) is 9.53 Å². The van der Waals surface area contributed by atoms with Crippen LogP contribution in [0.3, 0.4) is 0 Å². The van der Waals surface area contributed by atoms with Gasteiger partial charge in [-0.1, -0.05) is 49.5 Å². The summed E-state index contributed by atoms with van der Waals surface area (Å²) in [6.07, 6.45) is 10.8. The van der Waals surface area contributed by atoms with Gasteiger partial charge in [-0.05, 0) is 24.5 Å². The number of hydrogen-bond donors (Lipinski definition) is 0. The molecule has 0 spiro atoms. The summed E-state index contributed by atoms with van der Waals surface area (Å²) in [6.45, 7) is 8.07. The van der Waals surface area contributed by atoms with E-state index in [0.29, 0.717) is 0 Å². The smallest absolute Gasteiger partial charge is 0.335 e. The zero-order valence-electron chi connectivity index (χ0n) is 11.1. The minimum absolute atomic E-state index is 0.259. The zero-order valence-corrected chi connectivity index (χ0v) is 11.1. The van der Waals surface area contributed by atoms with Gasteiger partial charge in [0, 0.05) is 5.41 Å². The second-order valence-corrected chi connectivity index (χ2v) is 5.01. The minimum Gasteiger partial charge on any atom is -0.466 e. The second-order valence-electron chi connectivity index (χ2n) is 5.01. The first-order valence-electron chi connectivity index (χ1n) is 6.04. The van der Waals surface area contributed by atoms with Crippen molar-refractivity contribution < 1.29 is 9.53 Å². The number of carbonyl (C=O) groups is 1. The fourth-order valence-electron chi connectivity index (χ4n) is 2.55. The van der Waals surface area contributed by atoms with Crippen LogP contribution in [0.2, 0.25) is 0 Å². The van der Waals surface area contributed by atoms with E-state index in [1.807, 2.05) is 31.2 Å². The molecule has 1 atom stereocenters. The van der Waals surface area contributed by atoms with Crippen LogP contribution in [0.4, 0.5) is 0 Å². The average Bonchev–Trinajstić information content (AvgIpc) is 2.49. The summed E-state index contributed by atoms with van der Waals surface area (Å²) in [5.41, 5.74) is 3.54. The Morgan fingerprint density at radius 1 is 1.39 bits per heavy atom. The van der Waals surface area contributed by atoms with Crippen molar-refractivity contribution in [3.8, 4) is 0 Å². The summed E-state index contributed by atoms with van der Waals surface area (Å²) >= 11 is 0. The molecule has 94 valence electrons. The highest BCUT2D eigenvalue weighted by Crippen LogP contribution is 2.51. The first kappa shape index (κ1) is 12.6. The minimum atomic E-state index is -0.330. The Morgan fingerprint density at radius 2 is 2.11 bits per heavy atom. The number of rotatable bonds is 2. The lowest BCUT2D eigenvalue weighted by Gasteiger charge is -2.27. The molecule has 0 saturated carbocycles. The maximum Gasteiger partial charge on any atom is 0.335 e. The number of esters is 1. The lowest BCUT2D eigenvalue weighted by molar-refractivity contribution is -0.137. The topological polar surface area (TPSA) is 26.3 Å². The Kier molecular flexibility index (Phi) is 3.12. The number of methoxy groups -OCH3 is 1. The first-order valence-corrected chi connectivity index (χ1v) is 6.04. The van der Waals surface area contributed by atoms with Crippen LogP contribution in [0, 0.1) is 5.41 Å². The fourth-order valence-corrected chi connectivity index (χ4v) is 2.55. The van der Waals surface area contributed by atoms with Crippen molar-refractivity contribution in [2.75, 3.05) is 7.11 Å². The fraction of sp³-hybridized carbons (Fsp3) is 0.312. The third-order valence-corrected chi connectivity index (χ3v) is 3.83. The van der Waals surface area contributed by atoms with E-state index >= 15 is 0 Å². The van der Waals surface area contributed by atoms with E-state index in [9.17, 15) is 4.79 Å². The molecule has 2 aliphatic rings. The van der Waals surface area contributed by atoms with Gasteiger partial charge in [-0.25, -0.2) is 4.79 Å². The van der Waals surface area contributed by atoms with Gasteiger partial charge in [0.25, 0.3) is 0 Å². The molecule has 0 aliphatic heterocycles. The van der Waals surface area contributed by atoms with Crippen molar-refractivity contribution >= 4 is 5.97 Å². The monoisotopic (exact) mass is 242 g/mol. The molecule has 2 aliphatic carbocycles. The quantitative estimate of drug-likeness (QED) is 0.547. The third-order valence-electron chi connectivity index (χ3n) is 3.83. The van der Waals surface area contributed by atoms with E-state index in [4.69, 9.17) is 4.74 Å². The van der Waals surface area contributed by atoms with Crippen molar-refractivity contribution in [2.45, 2.75) is 20.3 Å². The molecule has 0 fully saturated rings. The van der Waals surface area contributed by atoms with Crippen molar-refractivity contribution in [3.63, 3.8) is 0 Å². The summed E-state index contributed by atoms with van der Waals surface area (Å²) < 4.78 is 4.95. The maximum atomic E-state index is 12.1. The molecule has 0 aromatic rings. The summed E-state index contributed by atoms with van der Waals surface area (Å²) in [6, 6.07) is 0. The second kappa shape index (κ2) is 4.45. The Bertz CT molecular complexity index is 529. The summed E-state index contributed by atoms with van der Waals surface area (Å²) in [7, 11) is 1.43. The predicted octanol–water partition coefficient (Wildman–Crippen LogP) is 3.49. The van der Waals surface area contributed by atoms with Crippen molar-refractivity contribution in [1.29, 1.82) is 0 Å². The molecular formula is C16H18O2. The maximum absolute atomic E-state index is 12.1. The molecule has 0 aromatic carbocycles. The number of ether oxygens (including phenoxy) is 1. The Morgan fingerprint density at radius 3 is 2.72 bits per heavy atom. The van der Waals surface area contributed by atoms with E-state index in [-0.39, 0.29) is 11.4 Å². The van der Waals surface area contributed by atoms with Gasteiger partial charge in [-0.2, -0.15) is 0 Å². The Labute approximate surface area is 108 Å². The van der Waals surface area contributed by atoms with Crippen LogP contribution < -0.4 is 0 Å². The molecule has 0 bridgehead atoms. The number of hydrogen-bond acceptors (Lipinski definition) is 2. The lowest BCUT2D eigenvalue weighted by Crippen LogP contribution is -2.23. The van der Waals surface area contributed by atoms with Crippen molar-refractivity contribution in [1.82, 2.24) is 0 Å². The molecule has 2 nitrogen and oxygen atoms in total. The highest BCUT2D eigenvalue weighted by molar-refractivity contribution is 5.95. The van der Waals surface area contributed by atoms with E-state index in [1.54, 1.807) is 0 Å². The zero-order chi connectivity index (χ0) is 13.3. The molecular weight excluding hydrogens is 224 g/mol. The van der Waals surface area contributed by atoms with Gasteiger partial charge >= 0.3 is 5.97 Å². The van der Waals surface area contributed by atoms with E-state index < -0.39 is 0 Å². The molecule has 0 saturated heterocycles. The van der Waals surface area contributed by atoms with Crippen LogP contribution in [0.1, 0.15) is 20.3 Å². The highest BCUT2D eigenvalue weighted by Gasteiger charge is 2.43. The van der Waals surface area contributed by atoms with E-state index in [2.05, 4.69) is 19.6 Å². The lowest BCUT2D eigenvalue weighted by atomic mass is 9.77. The Balaban J connectivity index is 2.65. The van der Waals surface area contributed by atoms with Crippen LogP contribution >= 0.6 is 0 Å².